The van der Waals surface area contributed by atoms with Crippen molar-refractivity contribution in [1.29, 1.82) is 0 Å². The number of nitrogens with one attached hydrogen (secondary N) is 1. The van der Waals surface area contributed by atoms with E-state index in [4.69, 9.17) is 26.0 Å². The van der Waals surface area contributed by atoms with Crippen molar-refractivity contribution in [2.45, 2.75) is 6.54 Å². The van der Waals surface area contributed by atoms with E-state index in [0.29, 0.717) is 6.54 Å². The third-order valence-electron chi connectivity index (χ3n) is 5.36. The number of nitrogens with zero attached hydrogens (tertiary/aromatic N) is 4. The van der Waals surface area contributed by atoms with Crippen molar-refractivity contribution in [2.75, 3.05) is 41.3 Å². The van der Waals surface area contributed by atoms with E-state index < -0.39 is 0 Å². The Labute approximate surface area is 180 Å². The molecule has 1 saturated heterocycles. The van der Waals surface area contributed by atoms with E-state index in [2.05, 4.69) is 21.2 Å². The molecule has 2 aromatic heterocycles. The molecule has 1 N–H and O–H groups in total. The summed E-state index contributed by atoms with van der Waals surface area (Å²) < 4.78 is 5.44. The summed E-state index contributed by atoms with van der Waals surface area (Å²) in [7, 11) is 0. The molecule has 0 atom stereocenters. The lowest BCUT2D eigenvalue weighted by Gasteiger charge is -2.36. The van der Waals surface area contributed by atoms with Crippen LogP contribution in [0, 0.1) is 0 Å². The first kappa shape index (κ1) is 18.8. The number of aromatic nitrogens is 2. The third kappa shape index (κ3) is 3.78. The van der Waals surface area contributed by atoms with Crippen molar-refractivity contribution in [2.24, 2.45) is 0 Å². The summed E-state index contributed by atoms with van der Waals surface area (Å²) >= 11 is 6.38. The van der Waals surface area contributed by atoms with Crippen molar-refractivity contribution < 1.29 is 4.42 Å². The van der Waals surface area contributed by atoms with E-state index in [9.17, 15) is 0 Å². The number of fused-ring (bicyclic) bond motifs is 1. The zero-order chi connectivity index (χ0) is 20.3. The Morgan fingerprint density at radius 3 is 2.43 bits per heavy atom. The molecule has 30 heavy (non-hydrogen) atoms. The van der Waals surface area contributed by atoms with Gasteiger partial charge < -0.3 is 19.5 Å². The average molecular weight is 420 g/mol. The first-order valence-electron chi connectivity index (χ1n) is 10.1. The second kappa shape index (κ2) is 8.24. The second-order valence-corrected chi connectivity index (χ2v) is 7.65. The minimum absolute atomic E-state index is 0.577. The molecule has 1 aliphatic rings. The van der Waals surface area contributed by atoms with Gasteiger partial charge in [-0.1, -0.05) is 35.9 Å². The number of anilines is 3. The molecular weight excluding hydrogens is 398 g/mol. The standard InChI is InChI=1S/C23H22ClN5O/c24-19-8-2-4-10-21(19)28-11-13-29(14-12-28)23-26-20-9-3-1-7-18(20)22(27-23)25-16-17-6-5-15-30-17/h1-10,15H,11-14,16H2,(H,25,26,27). The number of piperazine rings is 1. The van der Waals surface area contributed by atoms with Crippen LogP contribution in [-0.4, -0.2) is 36.1 Å². The molecule has 0 bridgehead atoms. The maximum Gasteiger partial charge on any atom is 0.228 e. The topological polar surface area (TPSA) is 57.4 Å². The van der Waals surface area contributed by atoms with Crippen molar-refractivity contribution in [1.82, 2.24) is 9.97 Å². The van der Waals surface area contributed by atoms with E-state index in [0.717, 1.165) is 65.3 Å². The molecule has 2 aromatic carbocycles. The van der Waals surface area contributed by atoms with Gasteiger partial charge >= 0.3 is 0 Å². The monoisotopic (exact) mass is 419 g/mol. The fourth-order valence-electron chi connectivity index (χ4n) is 3.78. The van der Waals surface area contributed by atoms with E-state index in [1.165, 1.54) is 0 Å². The van der Waals surface area contributed by atoms with E-state index >= 15 is 0 Å². The summed E-state index contributed by atoms with van der Waals surface area (Å²) in [6.07, 6.45) is 1.68. The van der Waals surface area contributed by atoms with Gasteiger partial charge in [0.25, 0.3) is 0 Å². The van der Waals surface area contributed by atoms with Gasteiger partial charge in [-0.3, -0.25) is 0 Å². The molecule has 4 aromatic rings. The number of para-hydroxylation sites is 2. The van der Waals surface area contributed by atoms with Crippen LogP contribution in [0.15, 0.2) is 71.3 Å². The minimum atomic E-state index is 0.577. The van der Waals surface area contributed by atoms with Gasteiger partial charge in [-0.25, -0.2) is 4.98 Å². The molecule has 6 nitrogen and oxygen atoms in total. The smallest absolute Gasteiger partial charge is 0.228 e. The molecule has 0 radical (unpaired) electrons. The summed E-state index contributed by atoms with van der Waals surface area (Å²) in [5.41, 5.74) is 2.01. The van der Waals surface area contributed by atoms with Crippen molar-refractivity contribution in [3.05, 3.63) is 77.7 Å². The predicted molar refractivity (Wildman–Crippen MR) is 121 cm³/mol. The van der Waals surface area contributed by atoms with Crippen LogP contribution in [0.3, 0.4) is 0 Å². The van der Waals surface area contributed by atoms with Gasteiger partial charge in [0.2, 0.25) is 5.95 Å². The first-order chi connectivity index (χ1) is 14.8. The zero-order valence-electron chi connectivity index (χ0n) is 16.5. The van der Waals surface area contributed by atoms with Crippen molar-refractivity contribution in [3.8, 4) is 0 Å². The van der Waals surface area contributed by atoms with E-state index in [-0.39, 0.29) is 0 Å². The van der Waals surface area contributed by atoms with Crippen molar-refractivity contribution >= 4 is 40.0 Å². The molecule has 5 rings (SSSR count). The molecule has 7 heteroatoms. The van der Waals surface area contributed by atoms with Crippen LogP contribution in [-0.2, 0) is 6.54 Å². The van der Waals surface area contributed by atoms with Crippen LogP contribution < -0.4 is 15.1 Å². The van der Waals surface area contributed by atoms with Gasteiger partial charge in [-0.15, -0.1) is 0 Å². The second-order valence-electron chi connectivity index (χ2n) is 7.25. The number of benzene rings is 2. The Hall–Kier alpha value is -3.25. The molecule has 0 amide bonds. The van der Waals surface area contributed by atoms with Crippen LogP contribution >= 0.6 is 11.6 Å². The Bertz CT molecular complexity index is 1140. The number of furan rings is 1. The average Bonchev–Trinajstić information content (AvgIpc) is 3.31. The molecule has 152 valence electrons. The lowest BCUT2D eigenvalue weighted by atomic mass is 10.2. The zero-order valence-corrected chi connectivity index (χ0v) is 17.2. The Balaban J connectivity index is 1.37. The maximum atomic E-state index is 6.38. The van der Waals surface area contributed by atoms with Gasteiger partial charge in [0.05, 0.1) is 29.0 Å². The normalized spacial score (nSPS) is 14.3. The SMILES string of the molecule is Clc1ccccc1N1CCN(c2nc(NCc3ccco3)c3ccccc3n2)CC1. The highest BCUT2D eigenvalue weighted by Crippen LogP contribution is 2.28. The van der Waals surface area contributed by atoms with Crippen LogP contribution in [0.25, 0.3) is 10.9 Å². The maximum absolute atomic E-state index is 6.38. The largest absolute Gasteiger partial charge is 0.467 e. The molecule has 0 saturated carbocycles. The van der Waals surface area contributed by atoms with Gasteiger partial charge in [-0.05, 0) is 36.4 Å². The summed E-state index contributed by atoms with van der Waals surface area (Å²) in [5.74, 6) is 2.43. The first-order valence-corrected chi connectivity index (χ1v) is 10.4. The Morgan fingerprint density at radius 2 is 1.63 bits per heavy atom. The summed E-state index contributed by atoms with van der Waals surface area (Å²) in [5, 5.41) is 5.20. The highest BCUT2D eigenvalue weighted by Gasteiger charge is 2.21. The van der Waals surface area contributed by atoms with E-state index in [1.807, 2.05) is 54.6 Å². The molecule has 0 spiro atoms. The molecule has 0 unspecified atom stereocenters. The van der Waals surface area contributed by atoms with Gasteiger partial charge in [0.1, 0.15) is 11.6 Å². The Kier molecular flexibility index (Phi) is 5.15. The highest BCUT2D eigenvalue weighted by atomic mass is 35.5. The predicted octanol–water partition coefficient (Wildman–Crippen LogP) is 4.81. The molecule has 3 heterocycles. The third-order valence-corrected chi connectivity index (χ3v) is 5.68. The van der Waals surface area contributed by atoms with Crippen LogP contribution in [0.2, 0.25) is 5.02 Å². The van der Waals surface area contributed by atoms with Crippen LogP contribution in [0.5, 0.6) is 0 Å². The fourth-order valence-corrected chi connectivity index (χ4v) is 4.04. The fraction of sp³-hybridized carbons (Fsp3) is 0.217. The molecular formula is C23H22ClN5O. The number of rotatable bonds is 5. The Morgan fingerprint density at radius 1 is 0.867 bits per heavy atom. The van der Waals surface area contributed by atoms with Gasteiger partial charge in [0, 0.05) is 31.6 Å². The van der Waals surface area contributed by atoms with Crippen LogP contribution in [0.1, 0.15) is 5.76 Å². The van der Waals surface area contributed by atoms with Gasteiger partial charge in [0.15, 0.2) is 0 Å². The lowest BCUT2D eigenvalue weighted by molar-refractivity contribution is 0.518. The van der Waals surface area contributed by atoms with Crippen molar-refractivity contribution in [3.63, 3.8) is 0 Å². The lowest BCUT2D eigenvalue weighted by Crippen LogP contribution is -2.47. The number of hydrogen-bond donors (Lipinski definition) is 1. The van der Waals surface area contributed by atoms with E-state index in [1.54, 1.807) is 6.26 Å². The highest BCUT2D eigenvalue weighted by molar-refractivity contribution is 6.33. The number of halogens is 1. The molecule has 1 aliphatic heterocycles. The summed E-state index contributed by atoms with van der Waals surface area (Å²) in [6.45, 7) is 3.99. The number of hydrogen-bond acceptors (Lipinski definition) is 6. The van der Waals surface area contributed by atoms with Crippen LogP contribution in [0.4, 0.5) is 17.5 Å². The summed E-state index contributed by atoms with van der Waals surface area (Å²) in [4.78, 5) is 14.2. The quantitative estimate of drug-likeness (QED) is 0.500. The van der Waals surface area contributed by atoms with Gasteiger partial charge in [-0.2, -0.15) is 4.98 Å². The summed E-state index contributed by atoms with van der Waals surface area (Å²) in [6, 6.07) is 19.9. The minimum Gasteiger partial charge on any atom is -0.467 e. The molecule has 0 aliphatic carbocycles. The molecule has 1 fully saturated rings.